The van der Waals surface area contributed by atoms with E-state index in [2.05, 4.69) is 10.2 Å². The van der Waals surface area contributed by atoms with Crippen molar-refractivity contribution in [2.45, 2.75) is 24.4 Å². The molecule has 0 spiro atoms. The highest BCUT2D eigenvalue weighted by atomic mass is 19.4. The van der Waals surface area contributed by atoms with Gasteiger partial charge in [-0.2, -0.15) is 50.5 Å². The number of hydrogen-bond donors (Lipinski definition) is 1. The fourth-order valence-corrected chi connectivity index (χ4v) is 0.987. The van der Waals surface area contributed by atoms with Crippen molar-refractivity contribution < 1.29 is 39.5 Å². The van der Waals surface area contributed by atoms with Crippen LogP contribution >= 0.6 is 0 Å². The smallest absolute Gasteiger partial charge is 0.230 e. The van der Waals surface area contributed by atoms with Gasteiger partial charge in [0.2, 0.25) is 0 Å². The normalized spacial score (nSPS) is 15.8. The molecule has 1 atom stereocenters. The first-order valence-corrected chi connectivity index (χ1v) is 3.95. The number of rotatable bonds is 2. The van der Waals surface area contributed by atoms with Crippen molar-refractivity contribution in [3.63, 3.8) is 0 Å². The van der Waals surface area contributed by atoms with Gasteiger partial charge in [-0.25, -0.2) is 4.39 Å². The van der Waals surface area contributed by atoms with Crippen LogP contribution in [0.15, 0.2) is 0 Å². The zero-order valence-electron chi connectivity index (χ0n) is 7.87. The highest BCUT2D eigenvalue weighted by Crippen LogP contribution is 2.44. The van der Waals surface area contributed by atoms with Gasteiger partial charge in [0.1, 0.15) is 0 Å². The lowest BCUT2D eigenvalue weighted by atomic mass is 10.1. The zero-order chi connectivity index (χ0) is 14.4. The van der Waals surface area contributed by atoms with Crippen LogP contribution in [0.25, 0.3) is 0 Å². The van der Waals surface area contributed by atoms with Gasteiger partial charge in [-0.05, 0) is 0 Å². The van der Waals surface area contributed by atoms with Crippen molar-refractivity contribution in [2.75, 3.05) is 0 Å². The molecule has 1 aromatic heterocycles. The number of hydrogen-bond acceptors (Lipinski definition) is 2. The highest BCUT2D eigenvalue weighted by molar-refractivity contribution is 5.19. The van der Waals surface area contributed by atoms with Gasteiger partial charge in [-0.1, -0.05) is 0 Å². The molecule has 0 saturated carbocycles. The first kappa shape index (κ1) is 14.6. The number of aromatic amines is 1. The van der Waals surface area contributed by atoms with Crippen LogP contribution < -0.4 is 0 Å². The molecule has 0 aliphatic heterocycles. The number of halogens is 9. The summed E-state index contributed by atoms with van der Waals surface area (Å²) in [4.78, 5) is 0. The van der Waals surface area contributed by atoms with Gasteiger partial charge >= 0.3 is 18.3 Å². The molecule has 0 aromatic carbocycles. The minimum absolute atomic E-state index is 1.08. The van der Waals surface area contributed by atoms with E-state index in [1.165, 1.54) is 0 Å². The van der Waals surface area contributed by atoms with E-state index in [1.807, 2.05) is 0 Å². The van der Waals surface area contributed by atoms with Gasteiger partial charge in [-0.3, -0.25) is 0 Å². The molecule has 0 aliphatic rings. The van der Waals surface area contributed by atoms with Gasteiger partial charge < -0.3 is 0 Å². The quantitative estimate of drug-likeness (QED) is 0.850. The van der Waals surface area contributed by atoms with Gasteiger partial charge in [0.15, 0.2) is 11.4 Å². The summed E-state index contributed by atoms with van der Waals surface area (Å²) in [6.07, 6.45) is -16.3. The summed E-state index contributed by atoms with van der Waals surface area (Å²) >= 11 is 0. The molecule has 0 aliphatic carbocycles. The van der Waals surface area contributed by atoms with Crippen molar-refractivity contribution in [3.8, 4) is 0 Å². The Hall–Kier alpha value is -1.49. The Labute approximate surface area is 92.0 Å². The number of nitrogens with zero attached hydrogens (tertiary/aromatic N) is 2. The molecule has 1 rings (SSSR count). The lowest BCUT2D eigenvalue weighted by molar-refractivity contribution is -0.251. The molecule has 1 N–H and O–H groups in total. The fraction of sp³-hybridized carbons (Fsp3) is 0.667. The lowest BCUT2D eigenvalue weighted by Gasteiger charge is -2.21. The topological polar surface area (TPSA) is 41.6 Å². The van der Waals surface area contributed by atoms with Crippen LogP contribution in [0.2, 0.25) is 0 Å². The summed E-state index contributed by atoms with van der Waals surface area (Å²) in [6, 6.07) is 0. The van der Waals surface area contributed by atoms with Crippen LogP contribution in [0.4, 0.5) is 39.5 Å². The van der Waals surface area contributed by atoms with Crippen molar-refractivity contribution in [2.24, 2.45) is 0 Å². The SMILES string of the molecule is FC(C(F)(F)F)C(F)(F)c1n[nH]nc1C(F)(F)F. The van der Waals surface area contributed by atoms with Gasteiger partial charge in [-0.15, -0.1) is 0 Å². The maximum atomic E-state index is 13.0. The average molecular weight is 287 g/mol. The second kappa shape index (κ2) is 4.02. The molecule has 0 bridgehead atoms. The van der Waals surface area contributed by atoms with E-state index in [-0.39, 0.29) is 0 Å². The molecule has 104 valence electrons. The summed E-state index contributed by atoms with van der Waals surface area (Å²) in [5.74, 6) is -5.50. The third kappa shape index (κ3) is 2.51. The molecule has 1 aromatic rings. The molecule has 12 heteroatoms. The number of aromatic nitrogens is 3. The van der Waals surface area contributed by atoms with Crippen molar-refractivity contribution >= 4 is 0 Å². The number of nitrogens with one attached hydrogen (secondary N) is 1. The molecule has 18 heavy (non-hydrogen) atoms. The van der Waals surface area contributed by atoms with Gasteiger partial charge in [0, 0.05) is 0 Å². The summed E-state index contributed by atoms with van der Waals surface area (Å²) < 4.78 is 110. The molecule has 3 nitrogen and oxygen atoms in total. The monoisotopic (exact) mass is 287 g/mol. The fourth-order valence-electron chi connectivity index (χ4n) is 0.987. The minimum atomic E-state index is -6.04. The van der Waals surface area contributed by atoms with Crippen molar-refractivity contribution in [1.82, 2.24) is 15.4 Å². The van der Waals surface area contributed by atoms with E-state index >= 15 is 0 Å². The number of alkyl halides is 9. The standard InChI is InChI=1S/C6H2F9N3/c7-3(6(13,14)15)4(8,9)1-2(5(10,11)12)17-18-16-1/h3H,(H,16,17,18). The Morgan fingerprint density at radius 3 is 1.67 bits per heavy atom. The van der Waals surface area contributed by atoms with E-state index in [4.69, 9.17) is 0 Å². The van der Waals surface area contributed by atoms with Crippen LogP contribution in [0.3, 0.4) is 0 Å². The summed E-state index contributed by atoms with van der Waals surface area (Å²) in [5.41, 5.74) is -4.85. The first-order chi connectivity index (χ1) is 7.88. The second-order valence-electron chi connectivity index (χ2n) is 3.05. The number of H-pyrrole nitrogens is 1. The predicted octanol–water partition coefficient (Wildman–Crippen LogP) is 2.82. The lowest BCUT2D eigenvalue weighted by Crippen LogP contribution is -2.41. The third-order valence-corrected chi connectivity index (χ3v) is 1.74. The Balaban J connectivity index is 3.26. The second-order valence-corrected chi connectivity index (χ2v) is 3.05. The largest absolute Gasteiger partial charge is 0.437 e. The third-order valence-electron chi connectivity index (χ3n) is 1.74. The maximum absolute atomic E-state index is 13.0. The Kier molecular flexibility index (Phi) is 3.25. The van der Waals surface area contributed by atoms with E-state index in [1.54, 1.807) is 0 Å². The van der Waals surface area contributed by atoms with E-state index in [9.17, 15) is 39.5 Å². The minimum Gasteiger partial charge on any atom is -0.230 e. The average Bonchev–Trinajstić information content (AvgIpc) is 2.62. The highest BCUT2D eigenvalue weighted by Gasteiger charge is 2.61. The van der Waals surface area contributed by atoms with Crippen LogP contribution in [0.1, 0.15) is 11.4 Å². The van der Waals surface area contributed by atoms with Crippen molar-refractivity contribution in [3.05, 3.63) is 11.4 Å². The van der Waals surface area contributed by atoms with Gasteiger partial charge in [0.05, 0.1) is 0 Å². The van der Waals surface area contributed by atoms with Crippen LogP contribution in [-0.4, -0.2) is 27.8 Å². The first-order valence-electron chi connectivity index (χ1n) is 3.95. The summed E-state index contributed by atoms with van der Waals surface area (Å²) in [6.45, 7) is 0. The molecule has 0 fully saturated rings. The van der Waals surface area contributed by atoms with Crippen LogP contribution in [0, 0.1) is 0 Å². The summed E-state index contributed by atoms with van der Waals surface area (Å²) in [5, 5.41) is 5.57. The van der Waals surface area contributed by atoms with E-state index in [0.29, 0.717) is 0 Å². The van der Waals surface area contributed by atoms with E-state index < -0.39 is 35.8 Å². The van der Waals surface area contributed by atoms with Crippen molar-refractivity contribution in [1.29, 1.82) is 0 Å². The molecule has 1 unspecified atom stereocenters. The van der Waals surface area contributed by atoms with E-state index in [0.717, 1.165) is 5.21 Å². The van der Waals surface area contributed by atoms with Crippen LogP contribution in [0.5, 0.6) is 0 Å². The molecule has 0 amide bonds. The zero-order valence-corrected chi connectivity index (χ0v) is 7.87. The molecule has 0 radical (unpaired) electrons. The Morgan fingerprint density at radius 2 is 1.28 bits per heavy atom. The molecule has 0 saturated heterocycles. The maximum Gasteiger partial charge on any atom is 0.437 e. The van der Waals surface area contributed by atoms with Crippen LogP contribution in [-0.2, 0) is 12.1 Å². The Morgan fingerprint density at radius 1 is 0.833 bits per heavy atom. The summed E-state index contributed by atoms with van der Waals surface area (Å²) in [7, 11) is 0. The predicted molar refractivity (Wildman–Crippen MR) is 36.2 cm³/mol. The molecule has 1 heterocycles. The van der Waals surface area contributed by atoms with Gasteiger partial charge in [0.25, 0.3) is 6.17 Å². The molecular formula is C6H2F9N3. The Bertz CT molecular complexity index is 417. The molecular weight excluding hydrogens is 285 g/mol.